The molecule has 1 atom stereocenters. The zero-order valence-corrected chi connectivity index (χ0v) is 8.61. The van der Waals surface area contributed by atoms with Crippen LogP contribution in [0.5, 0.6) is 0 Å². The summed E-state index contributed by atoms with van der Waals surface area (Å²) in [6.07, 6.45) is 1.10. The Morgan fingerprint density at radius 3 is 2.00 bits per heavy atom. The molecule has 0 aliphatic carbocycles. The van der Waals surface area contributed by atoms with Crippen molar-refractivity contribution in [3.8, 4) is 0 Å². The van der Waals surface area contributed by atoms with Gasteiger partial charge in [-0.05, 0) is 0 Å². The topological polar surface area (TPSA) is 77.4 Å². The van der Waals surface area contributed by atoms with Crippen LogP contribution in [0.15, 0.2) is 12.7 Å². The molecule has 0 saturated carbocycles. The first kappa shape index (κ1) is 12.6. The maximum atomic E-state index is 11.0. The van der Waals surface area contributed by atoms with Crippen molar-refractivity contribution in [2.45, 2.75) is 12.0 Å². The zero-order valence-electron chi connectivity index (χ0n) is 8.61. The van der Waals surface area contributed by atoms with Crippen LogP contribution in [0.1, 0.15) is 6.42 Å². The largest absolute Gasteiger partial charge is 0.543 e. The standard InChI is InChI=1S/C9H15NO4/c1-5-6-9(7(11)12,8(13)14)10(2,3)4/h5H,1,6H2,2-4H3,(H-,11,12,13,14). The third-order valence-electron chi connectivity index (χ3n) is 2.28. The highest BCUT2D eigenvalue weighted by Gasteiger charge is 2.51. The summed E-state index contributed by atoms with van der Waals surface area (Å²) in [5.74, 6) is -3.01. The van der Waals surface area contributed by atoms with Crippen LogP contribution in [-0.4, -0.2) is 48.2 Å². The second kappa shape index (κ2) is 3.79. The molecule has 0 fully saturated rings. The Bertz CT molecular complexity index is 250. The van der Waals surface area contributed by atoms with Gasteiger partial charge in [0.2, 0.25) is 5.54 Å². The van der Waals surface area contributed by atoms with Gasteiger partial charge in [-0.15, -0.1) is 6.58 Å². The smallest absolute Gasteiger partial charge is 0.372 e. The van der Waals surface area contributed by atoms with Gasteiger partial charge in [0.15, 0.2) is 0 Å². The number of carbonyl (C=O) groups excluding carboxylic acids is 1. The second-order valence-corrected chi connectivity index (χ2v) is 3.96. The maximum absolute atomic E-state index is 11.0. The molecule has 0 saturated heterocycles. The molecular weight excluding hydrogens is 186 g/mol. The van der Waals surface area contributed by atoms with E-state index < -0.39 is 17.5 Å². The molecule has 1 N–H and O–H groups in total. The molecule has 0 amide bonds. The van der Waals surface area contributed by atoms with Crippen LogP contribution in [0.4, 0.5) is 0 Å². The Hall–Kier alpha value is -1.36. The van der Waals surface area contributed by atoms with Gasteiger partial charge in [0.05, 0.1) is 21.1 Å². The van der Waals surface area contributed by atoms with Crippen LogP contribution >= 0.6 is 0 Å². The molecule has 0 aliphatic rings. The lowest BCUT2D eigenvalue weighted by atomic mass is 9.91. The van der Waals surface area contributed by atoms with E-state index in [0.29, 0.717) is 0 Å². The minimum Gasteiger partial charge on any atom is -0.543 e. The molecule has 14 heavy (non-hydrogen) atoms. The van der Waals surface area contributed by atoms with E-state index in [2.05, 4.69) is 6.58 Å². The van der Waals surface area contributed by atoms with Gasteiger partial charge in [-0.25, -0.2) is 4.79 Å². The third-order valence-corrected chi connectivity index (χ3v) is 2.28. The fourth-order valence-electron chi connectivity index (χ4n) is 1.30. The van der Waals surface area contributed by atoms with Gasteiger partial charge in [0.25, 0.3) is 0 Å². The third kappa shape index (κ3) is 1.77. The van der Waals surface area contributed by atoms with Crippen molar-refractivity contribution >= 4 is 11.9 Å². The summed E-state index contributed by atoms with van der Waals surface area (Å²) in [5, 5.41) is 19.9. The van der Waals surface area contributed by atoms with E-state index in [9.17, 15) is 14.7 Å². The fraction of sp³-hybridized carbons (Fsp3) is 0.556. The van der Waals surface area contributed by atoms with Gasteiger partial charge in [0.1, 0.15) is 5.97 Å². The summed E-state index contributed by atoms with van der Waals surface area (Å²) in [4.78, 5) is 22.0. The van der Waals surface area contributed by atoms with Crippen molar-refractivity contribution in [2.75, 3.05) is 21.1 Å². The average Bonchev–Trinajstić information content (AvgIpc) is 1.95. The van der Waals surface area contributed by atoms with E-state index in [1.807, 2.05) is 0 Å². The van der Waals surface area contributed by atoms with Gasteiger partial charge in [0, 0.05) is 6.42 Å². The molecule has 0 radical (unpaired) electrons. The molecule has 1 unspecified atom stereocenters. The molecule has 0 spiro atoms. The molecule has 80 valence electrons. The Morgan fingerprint density at radius 2 is 1.93 bits per heavy atom. The number of likely N-dealkylation sites (N-methyl/N-ethyl adjacent to an activating group) is 1. The summed E-state index contributed by atoms with van der Waals surface area (Å²) < 4.78 is -0.253. The predicted molar refractivity (Wildman–Crippen MR) is 48.2 cm³/mol. The highest BCUT2D eigenvalue weighted by Crippen LogP contribution is 2.23. The second-order valence-electron chi connectivity index (χ2n) is 3.96. The van der Waals surface area contributed by atoms with Crippen LogP contribution in [-0.2, 0) is 9.59 Å². The maximum Gasteiger partial charge on any atom is 0.372 e. The lowest BCUT2D eigenvalue weighted by Gasteiger charge is -2.42. The fourth-order valence-corrected chi connectivity index (χ4v) is 1.30. The van der Waals surface area contributed by atoms with E-state index >= 15 is 0 Å². The number of hydrogen-bond donors (Lipinski definition) is 1. The molecule has 0 aliphatic heterocycles. The number of carboxylic acids is 2. The lowest BCUT2D eigenvalue weighted by Crippen LogP contribution is -2.70. The molecule has 5 nitrogen and oxygen atoms in total. The van der Waals surface area contributed by atoms with Gasteiger partial charge in [-0.1, -0.05) is 6.08 Å². The molecule has 0 aromatic carbocycles. The number of quaternary nitrogens is 1. The molecule has 0 heterocycles. The normalized spacial score (nSPS) is 15.6. The average molecular weight is 201 g/mol. The first-order valence-corrected chi connectivity index (χ1v) is 4.07. The molecule has 0 aromatic heterocycles. The number of nitrogens with zero attached hydrogens (tertiary/aromatic N) is 1. The van der Waals surface area contributed by atoms with E-state index in [-0.39, 0.29) is 10.9 Å². The van der Waals surface area contributed by atoms with E-state index in [1.54, 1.807) is 0 Å². The van der Waals surface area contributed by atoms with Crippen molar-refractivity contribution in [3.05, 3.63) is 12.7 Å². The molecule has 0 bridgehead atoms. The van der Waals surface area contributed by atoms with Gasteiger partial charge < -0.3 is 19.5 Å². The van der Waals surface area contributed by atoms with Crippen LogP contribution in [0.3, 0.4) is 0 Å². The summed E-state index contributed by atoms with van der Waals surface area (Å²) in [6, 6.07) is 0. The van der Waals surface area contributed by atoms with E-state index in [0.717, 1.165) is 0 Å². The van der Waals surface area contributed by atoms with Crippen molar-refractivity contribution in [3.63, 3.8) is 0 Å². The predicted octanol–water partition coefficient (Wildman–Crippen LogP) is -1.16. The van der Waals surface area contributed by atoms with Crippen LogP contribution in [0.2, 0.25) is 0 Å². The van der Waals surface area contributed by atoms with E-state index in [4.69, 9.17) is 5.11 Å². The molecular formula is C9H15NO4. The highest BCUT2D eigenvalue weighted by molar-refractivity contribution is 6.00. The quantitative estimate of drug-likeness (QED) is 0.346. The zero-order chi connectivity index (χ0) is 11.6. The minimum absolute atomic E-state index is 0.172. The first-order chi connectivity index (χ1) is 6.20. The molecule has 0 aromatic rings. The number of carboxylic acid groups (broad SMARTS) is 2. The molecule has 5 heteroatoms. The number of carbonyl (C=O) groups is 2. The SMILES string of the molecule is C=CCC(C(=O)[O-])(C(=O)O)[N+](C)(C)C. The monoisotopic (exact) mass is 201 g/mol. The minimum atomic E-state index is -1.97. The van der Waals surface area contributed by atoms with Gasteiger partial charge >= 0.3 is 5.97 Å². The lowest BCUT2D eigenvalue weighted by molar-refractivity contribution is -0.906. The van der Waals surface area contributed by atoms with Crippen molar-refractivity contribution in [1.82, 2.24) is 0 Å². The Morgan fingerprint density at radius 1 is 1.50 bits per heavy atom. The van der Waals surface area contributed by atoms with Crippen molar-refractivity contribution < 1.29 is 24.3 Å². The Balaban J connectivity index is 5.50. The van der Waals surface area contributed by atoms with Crippen LogP contribution in [0, 0.1) is 0 Å². The van der Waals surface area contributed by atoms with Gasteiger partial charge in [-0.3, -0.25) is 0 Å². The number of rotatable bonds is 5. The number of hydrogen-bond acceptors (Lipinski definition) is 3. The Labute approximate surface area is 82.9 Å². The van der Waals surface area contributed by atoms with Crippen LogP contribution in [0.25, 0.3) is 0 Å². The molecule has 0 rings (SSSR count). The highest BCUT2D eigenvalue weighted by atomic mass is 16.4. The van der Waals surface area contributed by atoms with Gasteiger partial charge in [-0.2, -0.15) is 0 Å². The van der Waals surface area contributed by atoms with Crippen molar-refractivity contribution in [2.24, 2.45) is 0 Å². The van der Waals surface area contributed by atoms with Crippen molar-refractivity contribution in [1.29, 1.82) is 0 Å². The summed E-state index contributed by atoms with van der Waals surface area (Å²) in [6.45, 7) is 3.36. The first-order valence-electron chi connectivity index (χ1n) is 4.07. The van der Waals surface area contributed by atoms with Crippen LogP contribution < -0.4 is 5.11 Å². The summed E-state index contributed by atoms with van der Waals surface area (Å²) in [5.41, 5.74) is -1.97. The Kier molecular flexibility index (Phi) is 3.42. The van der Waals surface area contributed by atoms with E-state index in [1.165, 1.54) is 27.2 Å². The summed E-state index contributed by atoms with van der Waals surface area (Å²) >= 11 is 0. The summed E-state index contributed by atoms with van der Waals surface area (Å²) in [7, 11) is 4.48. The number of aliphatic carboxylic acids is 2.